The molecule has 0 unspecified atom stereocenters. The van der Waals surface area contributed by atoms with Gasteiger partial charge >= 0.3 is 5.97 Å². The fourth-order valence-electron chi connectivity index (χ4n) is 3.22. The van der Waals surface area contributed by atoms with Crippen LogP contribution in [-0.4, -0.2) is 32.7 Å². The van der Waals surface area contributed by atoms with Gasteiger partial charge < -0.3 is 14.6 Å². The maximum atomic E-state index is 12.9. The Labute approximate surface area is 190 Å². The summed E-state index contributed by atoms with van der Waals surface area (Å²) in [7, 11) is 0. The lowest BCUT2D eigenvalue weighted by molar-refractivity contribution is -0.384. The topological polar surface area (TPSA) is 146 Å². The number of amides is 1. The second kappa shape index (κ2) is 8.24. The van der Waals surface area contributed by atoms with Crippen LogP contribution in [0.5, 0.6) is 5.75 Å². The first-order valence-corrected chi connectivity index (χ1v) is 9.75. The van der Waals surface area contributed by atoms with Gasteiger partial charge in [-0.25, -0.2) is 4.79 Å². The van der Waals surface area contributed by atoms with Crippen LogP contribution in [-0.2, 0) is 4.79 Å². The summed E-state index contributed by atoms with van der Waals surface area (Å²) in [5.41, 5.74) is 0.535. The van der Waals surface area contributed by atoms with Gasteiger partial charge in [-0.1, -0.05) is 11.6 Å². The zero-order chi connectivity index (χ0) is 23.9. The largest absolute Gasteiger partial charge is 0.507 e. The molecule has 1 aliphatic rings. The minimum atomic E-state index is -1.24. The highest BCUT2D eigenvalue weighted by Gasteiger charge is 2.30. The van der Waals surface area contributed by atoms with Crippen molar-refractivity contribution in [2.24, 2.45) is 5.10 Å². The molecule has 0 fully saturated rings. The van der Waals surface area contributed by atoms with Crippen LogP contribution in [0.2, 0.25) is 5.02 Å². The number of hydrazone groups is 1. The first-order chi connectivity index (χ1) is 15.7. The molecule has 0 bridgehead atoms. The second-order valence-corrected chi connectivity index (χ2v) is 7.40. The SMILES string of the molecule is CC1=NN(c2ccc(Cl)c(C(=O)O)c2)C(=O)/C1=C\c1ccc(-c2cc([N+](=O)[O-])ccc2O)o1. The van der Waals surface area contributed by atoms with E-state index in [4.69, 9.17) is 16.0 Å². The number of nitro groups is 1. The number of carboxylic acids is 1. The van der Waals surface area contributed by atoms with Gasteiger partial charge in [0, 0.05) is 12.1 Å². The number of phenolic OH excluding ortho intramolecular Hbond substituents is 1. The van der Waals surface area contributed by atoms with Crippen LogP contribution in [0, 0.1) is 10.1 Å². The van der Waals surface area contributed by atoms with Crippen molar-refractivity contribution in [3.8, 4) is 17.1 Å². The van der Waals surface area contributed by atoms with Crippen molar-refractivity contribution in [3.05, 3.63) is 80.6 Å². The van der Waals surface area contributed by atoms with Crippen molar-refractivity contribution in [2.75, 3.05) is 5.01 Å². The number of hydrogen-bond donors (Lipinski definition) is 2. The molecule has 33 heavy (non-hydrogen) atoms. The molecule has 0 saturated carbocycles. The summed E-state index contributed by atoms with van der Waals surface area (Å²) in [4.78, 5) is 34.7. The Morgan fingerprint density at radius 2 is 1.97 bits per heavy atom. The van der Waals surface area contributed by atoms with E-state index < -0.39 is 16.8 Å². The van der Waals surface area contributed by atoms with E-state index in [1.54, 1.807) is 6.92 Å². The van der Waals surface area contributed by atoms with Crippen LogP contribution in [0.25, 0.3) is 17.4 Å². The molecular formula is C22H14ClN3O7. The number of non-ortho nitro benzene ring substituents is 1. The van der Waals surface area contributed by atoms with Gasteiger partial charge in [-0.3, -0.25) is 14.9 Å². The minimum Gasteiger partial charge on any atom is -0.507 e. The number of rotatable bonds is 5. The number of hydrogen-bond acceptors (Lipinski definition) is 7. The molecule has 0 saturated heterocycles. The van der Waals surface area contributed by atoms with Crippen LogP contribution < -0.4 is 5.01 Å². The molecule has 2 heterocycles. The number of carbonyl (C=O) groups is 2. The highest BCUT2D eigenvalue weighted by Crippen LogP contribution is 2.35. The zero-order valence-electron chi connectivity index (χ0n) is 16.9. The van der Waals surface area contributed by atoms with Crippen molar-refractivity contribution in [2.45, 2.75) is 6.92 Å². The molecule has 1 amide bonds. The van der Waals surface area contributed by atoms with Gasteiger partial charge in [0.05, 0.1) is 38.0 Å². The fourth-order valence-corrected chi connectivity index (χ4v) is 3.42. The Morgan fingerprint density at radius 3 is 2.67 bits per heavy atom. The molecular weight excluding hydrogens is 454 g/mol. The lowest BCUT2D eigenvalue weighted by Gasteiger charge is -2.12. The average Bonchev–Trinajstić information content (AvgIpc) is 3.34. The number of nitrogens with zero attached hydrogens (tertiary/aromatic N) is 3. The fraction of sp³-hybridized carbons (Fsp3) is 0.0455. The van der Waals surface area contributed by atoms with Crippen LogP contribution >= 0.6 is 11.6 Å². The first kappa shape index (κ1) is 21.8. The molecule has 0 aliphatic carbocycles. The van der Waals surface area contributed by atoms with Crippen LogP contribution in [0.3, 0.4) is 0 Å². The molecule has 166 valence electrons. The predicted octanol–water partition coefficient (Wildman–Crippen LogP) is 4.72. The number of aromatic carboxylic acids is 1. The van der Waals surface area contributed by atoms with E-state index in [0.29, 0.717) is 5.71 Å². The Hall–Kier alpha value is -4.44. The van der Waals surface area contributed by atoms with E-state index in [-0.39, 0.29) is 50.4 Å². The smallest absolute Gasteiger partial charge is 0.337 e. The van der Waals surface area contributed by atoms with E-state index >= 15 is 0 Å². The van der Waals surface area contributed by atoms with Crippen LogP contribution in [0.15, 0.2) is 63.6 Å². The summed E-state index contributed by atoms with van der Waals surface area (Å²) in [6.07, 6.45) is 1.44. The summed E-state index contributed by atoms with van der Waals surface area (Å²) in [6.45, 7) is 1.61. The molecule has 10 nitrogen and oxygen atoms in total. The normalized spacial score (nSPS) is 14.6. The molecule has 1 aliphatic heterocycles. The number of carbonyl (C=O) groups excluding carboxylic acids is 1. The quantitative estimate of drug-likeness (QED) is 0.313. The number of benzene rings is 2. The van der Waals surface area contributed by atoms with Crippen molar-refractivity contribution < 1.29 is 29.1 Å². The average molecular weight is 468 g/mol. The van der Waals surface area contributed by atoms with Gasteiger partial charge in [-0.05, 0) is 49.4 Å². The molecule has 0 atom stereocenters. The van der Waals surface area contributed by atoms with E-state index in [0.717, 1.165) is 5.01 Å². The number of nitro benzene ring substituents is 1. The maximum absolute atomic E-state index is 12.9. The highest BCUT2D eigenvalue weighted by molar-refractivity contribution is 6.34. The van der Waals surface area contributed by atoms with Gasteiger partial charge in [0.25, 0.3) is 11.6 Å². The number of carboxylic acid groups (broad SMARTS) is 1. The van der Waals surface area contributed by atoms with Crippen molar-refractivity contribution in [1.82, 2.24) is 0 Å². The highest BCUT2D eigenvalue weighted by atomic mass is 35.5. The Bertz CT molecular complexity index is 1390. The summed E-state index contributed by atoms with van der Waals surface area (Å²) in [5, 5.41) is 35.6. The lowest BCUT2D eigenvalue weighted by atomic mass is 10.1. The minimum absolute atomic E-state index is 0.0295. The van der Waals surface area contributed by atoms with Gasteiger partial charge in [-0.2, -0.15) is 10.1 Å². The summed E-state index contributed by atoms with van der Waals surface area (Å²) >= 11 is 5.89. The third-order valence-corrected chi connectivity index (χ3v) is 5.19. The zero-order valence-corrected chi connectivity index (χ0v) is 17.6. The molecule has 3 aromatic rings. The molecule has 2 aromatic carbocycles. The Kier molecular flexibility index (Phi) is 5.44. The molecule has 0 radical (unpaired) electrons. The maximum Gasteiger partial charge on any atom is 0.337 e. The summed E-state index contributed by atoms with van der Waals surface area (Å²) < 4.78 is 5.67. The number of furan rings is 1. The van der Waals surface area contributed by atoms with Gasteiger partial charge in [0.2, 0.25) is 0 Å². The molecule has 2 N–H and O–H groups in total. The predicted molar refractivity (Wildman–Crippen MR) is 119 cm³/mol. The first-order valence-electron chi connectivity index (χ1n) is 9.38. The van der Waals surface area contributed by atoms with Gasteiger partial charge in [0.15, 0.2) is 0 Å². The number of halogens is 1. The second-order valence-electron chi connectivity index (χ2n) is 6.99. The Morgan fingerprint density at radius 1 is 1.21 bits per heavy atom. The molecule has 0 spiro atoms. The number of anilines is 1. The molecule has 1 aromatic heterocycles. The lowest BCUT2D eigenvalue weighted by Crippen LogP contribution is -2.21. The summed E-state index contributed by atoms with van der Waals surface area (Å²) in [5.74, 6) is -1.53. The summed E-state index contributed by atoms with van der Waals surface area (Å²) in [6, 6.07) is 10.7. The number of aromatic hydroxyl groups is 1. The third-order valence-electron chi connectivity index (χ3n) is 4.86. The van der Waals surface area contributed by atoms with Crippen molar-refractivity contribution in [1.29, 1.82) is 0 Å². The third kappa shape index (κ3) is 4.06. The molecule has 4 rings (SSSR count). The van der Waals surface area contributed by atoms with Gasteiger partial charge in [-0.15, -0.1) is 0 Å². The van der Waals surface area contributed by atoms with E-state index in [1.807, 2.05) is 0 Å². The number of phenols is 1. The van der Waals surface area contributed by atoms with Crippen molar-refractivity contribution >= 4 is 46.6 Å². The Balaban J connectivity index is 1.65. The van der Waals surface area contributed by atoms with E-state index in [9.17, 15) is 29.9 Å². The van der Waals surface area contributed by atoms with Crippen LogP contribution in [0.1, 0.15) is 23.0 Å². The van der Waals surface area contributed by atoms with E-state index in [2.05, 4.69) is 5.10 Å². The standard InChI is InChI=1S/C22H14ClN3O7/c1-11-15(21(28)25(24-11)12-2-5-18(23)16(8-12)22(29)30)10-14-4-7-20(33-14)17-9-13(26(31)32)3-6-19(17)27/h2-10,27H,1H3,(H,29,30)/b15-10-. The van der Waals surface area contributed by atoms with E-state index in [1.165, 1.54) is 54.6 Å². The van der Waals surface area contributed by atoms with Gasteiger partial charge in [0.1, 0.15) is 17.3 Å². The molecule has 11 heteroatoms. The monoisotopic (exact) mass is 467 g/mol. The van der Waals surface area contributed by atoms with Crippen molar-refractivity contribution in [3.63, 3.8) is 0 Å². The van der Waals surface area contributed by atoms with Crippen LogP contribution in [0.4, 0.5) is 11.4 Å².